The molecule has 1 amide bonds. The van der Waals surface area contributed by atoms with Gasteiger partial charge in [-0.2, -0.15) is 0 Å². The fourth-order valence-corrected chi connectivity index (χ4v) is 2.55. The number of hydrogen-bond acceptors (Lipinski definition) is 3. The molecular formula is C11H22N2O2S. The molecule has 2 N–H and O–H groups in total. The van der Waals surface area contributed by atoms with Crippen LogP contribution in [0.25, 0.3) is 0 Å². The summed E-state index contributed by atoms with van der Waals surface area (Å²) in [5.41, 5.74) is 0. The van der Waals surface area contributed by atoms with Crippen molar-refractivity contribution in [2.24, 2.45) is 0 Å². The van der Waals surface area contributed by atoms with E-state index in [4.69, 9.17) is 0 Å². The van der Waals surface area contributed by atoms with Gasteiger partial charge in [-0.05, 0) is 32.6 Å². The summed E-state index contributed by atoms with van der Waals surface area (Å²) in [7, 11) is -0.745. The van der Waals surface area contributed by atoms with Gasteiger partial charge < -0.3 is 10.6 Å². The van der Waals surface area contributed by atoms with Gasteiger partial charge in [-0.1, -0.05) is 0 Å². The first-order valence-corrected chi connectivity index (χ1v) is 7.66. The van der Waals surface area contributed by atoms with Crippen LogP contribution in [-0.4, -0.2) is 40.8 Å². The van der Waals surface area contributed by atoms with Gasteiger partial charge in [0.1, 0.15) is 0 Å². The highest BCUT2D eigenvalue weighted by Crippen LogP contribution is 2.07. The molecule has 16 heavy (non-hydrogen) atoms. The summed E-state index contributed by atoms with van der Waals surface area (Å²) in [6.45, 7) is 2.84. The molecule has 1 aliphatic rings. The highest BCUT2D eigenvalue weighted by molar-refractivity contribution is 7.84. The summed E-state index contributed by atoms with van der Waals surface area (Å²) in [4.78, 5) is 11.7. The molecule has 3 unspecified atom stereocenters. The van der Waals surface area contributed by atoms with Crippen molar-refractivity contribution in [3.63, 3.8) is 0 Å². The van der Waals surface area contributed by atoms with E-state index in [1.165, 1.54) is 0 Å². The maximum atomic E-state index is 11.7. The van der Waals surface area contributed by atoms with Crippen molar-refractivity contribution < 1.29 is 9.00 Å². The Morgan fingerprint density at radius 3 is 3.00 bits per heavy atom. The quantitative estimate of drug-likeness (QED) is 0.738. The highest BCUT2D eigenvalue weighted by atomic mass is 32.2. The maximum absolute atomic E-state index is 11.7. The SMILES string of the molecule is CC(CCS(C)=O)NC1CCCCNC1=O. The number of rotatable bonds is 5. The Balaban J connectivity index is 2.32. The first-order chi connectivity index (χ1) is 7.59. The molecule has 1 aliphatic heterocycles. The Morgan fingerprint density at radius 2 is 2.31 bits per heavy atom. The lowest BCUT2D eigenvalue weighted by Crippen LogP contribution is -2.46. The highest BCUT2D eigenvalue weighted by Gasteiger charge is 2.21. The van der Waals surface area contributed by atoms with Gasteiger partial charge in [0.25, 0.3) is 0 Å². The van der Waals surface area contributed by atoms with Gasteiger partial charge in [-0.15, -0.1) is 0 Å². The van der Waals surface area contributed by atoms with E-state index < -0.39 is 10.8 Å². The van der Waals surface area contributed by atoms with Crippen molar-refractivity contribution in [1.29, 1.82) is 0 Å². The van der Waals surface area contributed by atoms with Gasteiger partial charge in [0, 0.05) is 35.4 Å². The van der Waals surface area contributed by atoms with Crippen molar-refractivity contribution in [1.82, 2.24) is 10.6 Å². The van der Waals surface area contributed by atoms with Crippen molar-refractivity contribution >= 4 is 16.7 Å². The summed E-state index contributed by atoms with van der Waals surface area (Å²) >= 11 is 0. The molecule has 1 heterocycles. The second-order valence-corrected chi connectivity index (χ2v) is 6.03. The fourth-order valence-electron chi connectivity index (χ4n) is 1.87. The lowest BCUT2D eigenvalue weighted by Gasteiger charge is -2.20. The van der Waals surface area contributed by atoms with Crippen molar-refractivity contribution in [3.8, 4) is 0 Å². The first kappa shape index (κ1) is 13.6. The summed E-state index contributed by atoms with van der Waals surface area (Å²) < 4.78 is 11.0. The summed E-state index contributed by atoms with van der Waals surface area (Å²) in [6, 6.07) is 0.181. The molecule has 1 saturated heterocycles. The summed E-state index contributed by atoms with van der Waals surface area (Å²) in [5, 5.41) is 6.22. The van der Waals surface area contributed by atoms with Crippen LogP contribution >= 0.6 is 0 Å². The van der Waals surface area contributed by atoms with Gasteiger partial charge in [0.05, 0.1) is 6.04 Å². The number of carbonyl (C=O) groups is 1. The van der Waals surface area contributed by atoms with E-state index in [0.717, 1.165) is 32.2 Å². The largest absolute Gasteiger partial charge is 0.355 e. The standard InChI is InChI=1S/C11H22N2O2S/c1-9(6-8-16(2)15)13-10-5-3-4-7-12-11(10)14/h9-10,13H,3-8H2,1-2H3,(H,12,14). The summed E-state index contributed by atoms with van der Waals surface area (Å²) in [6.07, 6.45) is 5.63. The van der Waals surface area contributed by atoms with Crippen molar-refractivity contribution in [2.45, 2.75) is 44.7 Å². The molecule has 94 valence electrons. The fraction of sp³-hybridized carbons (Fsp3) is 0.909. The van der Waals surface area contributed by atoms with E-state index in [9.17, 15) is 9.00 Å². The number of nitrogens with one attached hydrogen (secondary N) is 2. The minimum atomic E-state index is -0.745. The molecule has 1 rings (SSSR count). The average molecular weight is 246 g/mol. The molecular weight excluding hydrogens is 224 g/mol. The molecule has 5 heteroatoms. The second kappa shape index (κ2) is 7.01. The van der Waals surface area contributed by atoms with E-state index in [1.54, 1.807) is 6.26 Å². The predicted octanol–water partition coefficient (Wildman–Crippen LogP) is 0.402. The van der Waals surface area contributed by atoms with Crippen molar-refractivity contribution in [2.75, 3.05) is 18.6 Å². The van der Waals surface area contributed by atoms with Gasteiger partial charge in [0.2, 0.25) is 5.91 Å². The van der Waals surface area contributed by atoms with Crippen LogP contribution in [0.2, 0.25) is 0 Å². The lowest BCUT2D eigenvalue weighted by molar-refractivity contribution is -0.123. The minimum Gasteiger partial charge on any atom is -0.355 e. The molecule has 0 spiro atoms. The Kier molecular flexibility index (Phi) is 5.98. The maximum Gasteiger partial charge on any atom is 0.237 e. The Morgan fingerprint density at radius 1 is 1.56 bits per heavy atom. The van der Waals surface area contributed by atoms with Gasteiger partial charge in [-0.3, -0.25) is 9.00 Å². The zero-order chi connectivity index (χ0) is 12.0. The van der Waals surface area contributed by atoms with Gasteiger partial charge in [-0.25, -0.2) is 0 Å². The third kappa shape index (κ3) is 5.07. The number of amides is 1. The Bertz CT molecular complexity index is 258. The molecule has 0 aromatic heterocycles. The molecule has 0 saturated carbocycles. The molecule has 0 bridgehead atoms. The van der Waals surface area contributed by atoms with E-state index >= 15 is 0 Å². The molecule has 0 aromatic carbocycles. The lowest BCUT2D eigenvalue weighted by atomic mass is 10.1. The number of hydrogen-bond donors (Lipinski definition) is 2. The molecule has 3 atom stereocenters. The van der Waals surface area contributed by atoms with Crippen LogP contribution < -0.4 is 10.6 Å². The molecule has 0 radical (unpaired) electrons. The molecule has 0 aliphatic carbocycles. The predicted molar refractivity (Wildman–Crippen MR) is 66.8 cm³/mol. The van der Waals surface area contributed by atoms with E-state index in [2.05, 4.69) is 10.6 Å². The van der Waals surface area contributed by atoms with Crippen LogP contribution in [0.4, 0.5) is 0 Å². The van der Waals surface area contributed by atoms with Crippen LogP contribution in [0, 0.1) is 0 Å². The topological polar surface area (TPSA) is 58.2 Å². The Hall–Kier alpha value is -0.420. The zero-order valence-electron chi connectivity index (χ0n) is 10.1. The van der Waals surface area contributed by atoms with E-state index in [-0.39, 0.29) is 18.0 Å². The first-order valence-electron chi connectivity index (χ1n) is 5.93. The number of carbonyl (C=O) groups excluding carboxylic acids is 1. The van der Waals surface area contributed by atoms with Gasteiger partial charge >= 0.3 is 0 Å². The molecule has 4 nitrogen and oxygen atoms in total. The van der Waals surface area contributed by atoms with Crippen molar-refractivity contribution in [3.05, 3.63) is 0 Å². The normalized spacial score (nSPS) is 25.6. The van der Waals surface area contributed by atoms with Gasteiger partial charge in [0.15, 0.2) is 0 Å². The average Bonchev–Trinajstić information content (AvgIpc) is 2.42. The van der Waals surface area contributed by atoms with Crippen LogP contribution in [0.15, 0.2) is 0 Å². The zero-order valence-corrected chi connectivity index (χ0v) is 10.9. The van der Waals surface area contributed by atoms with Crippen LogP contribution in [0.1, 0.15) is 32.6 Å². The van der Waals surface area contributed by atoms with Crippen LogP contribution in [-0.2, 0) is 15.6 Å². The second-order valence-electron chi connectivity index (χ2n) is 4.47. The third-order valence-corrected chi connectivity index (χ3v) is 3.67. The molecule has 1 fully saturated rings. The molecule has 0 aromatic rings. The van der Waals surface area contributed by atoms with Crippen LogP contribution in [0.5, 0.6) is 0 Å². The van der Waals surface area contributed by atoms with E-state index in [1.807, 2.05) is 6.92 Å². The third-order valence-electron chi connectivity index (χ3n) is 2.86. The minimum absolute atomic E-state index is 0.0669. The monoisotopic (exact) mass is 246 g/mol. The smallest absolute Gasteiger partial charge is 0.237 e. The van der Waals surface area contributed by atoms with E-state index in [0.29, 0.717) is 5.75 Å². The Labute approximate surface area is 100 Å². The van der Waals surface area contributed by atoms with Crippen LogP contribution in [0.3, 0.4) is 0 Å². The summed E-state index contributed by atoms with van der Waals surface area (Å²) in [5.74, 6) is 0.810.